The normalized spacial score (nSPS) is 14.0. The summed E-state index contributed by atoms with van der Waals surface area (Å²) in [6.45, 7) is 3.26. The molecule has 1 fully saturated rings. The van der Waals surface area contributed by atoms with Gasteiger partial charge in [0.15, 0.2) is 0 Å². The number of aromatic nitrogens is 3. The molecule has 3 N–H and O–H groups in total. The second-order valence-electron chi connectivity index (χ2n) is 6.92. The summed E-state index contributed by atoms with van der Waals surface area (Å²) in [5, 5.41) is 17.8. The predicted molar refractivity (Wildman–Crippen MR) is 141 cm³/mol. The zero-order valence-corrected chi connectivity index (χ0v) is 21.3. The van der Waals surface area contributed by atoms with Crippen molar-refractivity contribution in [3.8, 4) is 5.75 Å². The van der Waals surface area contributed by atoms with Crippen LogP contribution in [-0.4, -0.2) is 52.6 Å². The maximum Gasteiger partial charge on any atom is 0.250 e. The van der Waals surface area contributed by atoms with Crippen molar-refractivity contribution in [2.24, 2.45) is 5.10 Å². The lowest BCUT2D eigenvalue weighted by Gasteiger charge is -2.27. The highest BCUT2D eigenvalue weighted by atomic mass is 127. The molecule has 2 aromatic carbocycles. The Balaban J connectivity index is 1.54. The van der Waals surface area contributed by atoms with Gasteiger partial charge in [-0.25, -0.2) is 5.43 Å². The number of hydrogen-bond donors (Lipinski definition) is 3. The van der Waals surface area contributed by atoms with E-state index in [9.17, 15) is 5.11 Å². The van der Waals surface area contributed by atoms with Gasteiger partial charge >= 0.3 is 0 Å². The monoisotopic (exact) mass is 657 g/mol. The first-order valence-electron chi connectivity index (χ1n) is 9.92. The minimum atomic E-state index is 0.187. The molecule has 1 saturated heterocycles. The van der Waals surface area contributed by atoms with E-state index in [0.29, 0.717) is 56.3 Å². The molecule has 0 spiro atoms. The highest BCUT2D eigenvalue weighted by molar-refractivity contribution is 14.1. The zero-order valence-electron chi connectivity index (χ0n) is 17.0. The first-order chi connectivity index (χ1) is 15.6. The number of ether oxygens (including phenoxy) is 1. The summed E-state index contributed by atoms with van der Waals surface area (Å²) in [5.74, 6) is 1.51. The fourth-order valence-corrected chi connectivity index (χ4v) is 4.91. The predicted octanol–water partition coefficient (Wildman–Crippen LogP) is 3.68. The topological polar surface area (TPSA) is 108 Å². The van der Waals surface area contributed by atoms with Crippen LogP contribution in [0.5, 0.6) is 5.75 Å². The molecule has 1 aliphatic heterocycles. The van der Waals surface area contributed by atoms with Crippen molar-refractivity contribution in [3.63, 3.8) is 0 Å². The van der Waals surface area contributed by atoms with Gasteiger partial charge in [0.05, 0.1) is 23.0 Å². The first kappa shape index (κ1) is 22.9. The lowest BCUT2D eigenvalue weighted by Crippen LogP contribution is -2.37. The van der Waals surface area contributed by atoms with Crippen LogP contribution >= 0.6 is 45.2 Å². The number of aromatic hydroxyl groups is 1. The van der Waals surface area contributed by atoms with Crippen LogP contribution in [0.2, 0.25) is 0 Å². The maximum absolute atomic E-state index is 10.3. The Morgan fingerprint density at radius 1 is 1.06 bits per heavy atom. The molecule has 1 aliphatic rings. The molecule has 4 rings (SSSR count). The molecule has 0 unspecified atom stereocenters. The van der Waals surface area contributed by atoms with Crippen molar-refractivity contribution < 1.29 is 9.84 Å². The summed E-state index contributed by atoms with van der Waals surface area (Å²) in [5.41, 5.74) is 4.60. The average molecular weight is 657 g/mol. The van der Waals surface area contributed by atoms with E-state index in [1.54, 1.807) is 6.21 Å². The quantitative estimate of drug-likeness (QED) is 0.201. The molecule has 32 heavy (non-hydrogen) atoms. The van der Waals surface area contributed by atoms with Gasteiger partial charge in [0, 0.05) is 28.8 Å². The van der Waals surface area contributed by atoms with Gasteiger partial charge in [-0.05, 0) is 62.9 Å². The fraction of sp³-hybridized carbons (Fsp3) is 0.238. The van der Waals surface area contributed by atoms with Crippen LogP contribution in [0.25, 0.3) is 0 Å². The summed E-state index contributed by atoms with van der Waals surface area (Å²) in [7, 11) is 0. The molecule has 0 atom stereocenters. The number of nitrogens with one attached hydrogen (secondary N) is 2. The summed E-state index contributed by atoms with van der Waals surface area (Å²) < 4.78 is 7.21. The van der Waals surface area contributed by atoms with E-state index in [0.717, 1.165) is 12.7 Å². The van der Waals surface area contributed by atoms with Gasteiger partial charge in [0.25, 0.3) is 0 Å². The minimum Gasteiger partial charge on any atom is -0.506 e. The van der Waals surface area contributed by atoms with E-state index in [2.05, 4.69) is 80.9 Å². The van der Waals surface area contributed by atoms with Crippen molar-refractivity contribution in [1.82, 2.24) is 15.0 Å². The maximum atomic E-state index is 10.3. The van der Waals surface area contributed by atoms with Crippen LogP contribution in [0.3, 0.4) is 0 Å². The number of rotatable bonds is 7. The van der Waals surface area contributed by atoms with Crippen LogP contribution in [-0.2, 0) is 11.3 Å². The summed E-state index contributed by atoms with van der Waals surface area (Å²) in [6, 6.07) is 13.8. The highest BCUT2D eigenvalue weighted by Gasteiger charge is 2.16. The smallest absolute Gasteiger partial charge is 0.250 e. The van der Waals surface area contributed by atoms with Crippen LogP contribution < -0.4 is 15.6 Å². The van der Waals surface area contributed by atoms with E-state index >= 15 is 0 Å². The third-order valence-corrected chi connectivity index (χ3v) is 6.08. The number of benzene rings is 2. The second kappa shape index (κ2) is 11.0. The van der Waals surface area contributed by atoms with E-state index in [-0.39, 0.29) is 5.75 Å². The van der Waals surface area contributed by atoms with Crippen molar-refractivity contribution in [3.05, 3.63) is 60.7 Å². The summed E-state index contributed by atoms with van der Waals surface area (Å²) in [4.78, 5) is 15.6. The number of nitrogens with zero attached hydrogens (tertiary/aromatic N) is 5. The average Bonchev–Trinajstić information content (AvgIpc) is 2.82. The van der Waals surface area contributed by atoms with E-state index in [4.69, 9.17) is 4.74 Å². The number of hydrogen-bond acceptors (Lipinski definition) is 9. The third kappa shape index (κ3) is 6.16. The van der Waals surface area contributed by atoms with Gasteiger partial charge in [-0.15, -0.1) is 0 Å². The summed E-state index contributed by atoms with van der Waals surface area (Å²) >= 11 is 4.30. The van der Waals surface area contributed by atoms with Gasteiger partial charge in [-0.3, -0.25) is 0 Å². The van der Waals surface area contributed by atoms with E-state index in [1.165, 1.54) is 0 Å². The van der Waals surface area contributed by atoms with Crippen molar-refractivity contribution in [2.45, 2.75) is 6.54 Å². The second-order valence-corrected chi connectivity index (χ2v) is 9.32. The van der Waals surface area contributed by atoms with E-state index in [1.807, 2.05) is 42.5 Å². The number of hydrazone groups is 1. The number of halogens is 2. The van der Waals surface area contributed by atoms with Crippen molar-refractivity contribution >= 4 is 69.2 Å². The Bertz CT molecular complexity index is 1090. The molecule has 0 amide bonds. The SMILES string of the molecule is Oc1c(I)cc(I)cc1/C=N\Nc1nc(NCc2ccccc2)nc(N2CCOCC2)n1. The van der Waals surface area contributed by atoms with Gasteiger partial charge in [0.1, 0.15) is 5.75 Å². The molecule has 1 aromatic heterocycles. The lowest BCUT2D eigenvalue weighted by molar-refractivity contribution is 0.122. The molecule has 166 valence electrons. The lowest BCUT2D eigenvalue weighted by atomic mass is 10.2. The molecular formula is C21H21I2N7O2. The molecule has 0 saturated carbocycles. The van der Waals surface area contributed by atoms with Crippen molar-refractivity contribution in [1.29, 1.82) is 0 Å². The molecule has 0 radical (unpaired) electrons. The number of phenolic OH excluding ortho intramolecular Hbond substituents is 1. The van der Waals surface area contributed by atoms with Gasteiger partial charge in [-0.1, -0.05) is 30.3 Å². The summed E-state index contributed by atoms with van der Waals surface area (Å²) in [6.07, 6.45) is 1.55. The number of phenols is 1. The van der Waals surface area contributed by atoms with Crippen LogP contribution in [0.4, 0.5) is 17.8 Å². The standard InChI is InChI=1S/C21H21I2N7O2/c22-16-10-15(18(31)17(23)11-16)13-25-29-20-26-19(24-12-14-4-2-1-3-5-14)27-21(28-20)30-6-8-32-9-7-30/h1-5,10-11,13,31H,6-9,12H2,(H2,24,26,27,28,29)/b25-13-. The minimum absolute atomic E-state index is 0.187. The first-order valence-corrected chi connectivity index (χ1v) is 12.1. The Hall–Kier alpha value is -2.26. The molecule has 0 aliphatic carbocycles. The Kier molecular flexibility index (Phi) is 7.91. The third-order valence-electron chi connectivity index (χ3n) is 4.64. The molecular weight excluding hydrogens is 636 g/mol. The van der Waals surface area contributed by atoms with E-state index < -0.39 is 0 Å². The highest BCUT2D eigenvalue weighted by Crippen LogP contribution is 2.25. The van der Waals surface area contributed by atoms with Gasteiger partial charge in [0.2, 0.25) is 17.8 Å². The fourth-order valence-electron chi connectivity index (χ4n) is 3.02. The van der Waals surface area contributed by atoms with Crippen molar-refractivity contribution in [2.75, 3.05) is 41.9 Å². The molecule has 11 heteroatoms. The zero-order chi connectivity index (χ0) is 22.3. The van der Waals surface area contributed by atoms with Gasteiger partial charge in [-0.2, -0.15) is 20.1 Å². The number of morpholine rings is 1. The van der Waals surface area contributed by atoms with Crippen LogP contribution in [0.15, 0.2) is 47.6 Å². The molecule has 3 aromatic rings. The largest absolute Gasteiger partial charge is 0.506 e. The molecule has 9 nitrogen and oxygen atoms in total. The van der Waals surface area contributed by atoms with Crippen LogP contribution in [0.1, 0.15) is 11.1 Å². The number of anilines is 3. The van der Waals surface area contributed by atoms with Gasteiger partial charge < -0.3 is 20.1 Å². The molecule has 2 heterocycles. The Labute approximate surface area is 213 Å². The Morgan fingerprint density at radius 3 is 2.59 bits per heavy atom. The Morgan fingerprint density at radius 2 is 1.81 bits per heavy atom. The van der Waals surface area contributed by atoms with Crippen LogP contribution in [0, 0.1) is 7.14 Å². The molecule has 0 bridgehead atoms.